The molecule has 2 aromatic carbocycles. The molecule has 4 nitrogen and oxygen atoms in total. The molecule has 0 aromatic heterocycles. The van der Waals surface area contributed by atoms with Crippen molar-refractivity contribution < 1.29 is 18.7 Å². The standard InChI is InChI=1S/C18H18FNO3/c1-12(2)11-23-18(22)14-9-7-13(8-10-14)17(21)20-16-6-4-3-5-15(16)19/h3-10,12H,11H2,1-2H3,(H,20,21). The van der Waals surface area contributed by atoms with Gasteiger partial charge in [0.15, 0.2) is 0 Å². The number of benzene rings is 2. The molecule has 0 heterocycles. The molecule has 0 atom stereocenters. The minimum absolute atomic E-state index is 0.109. The number of nitrogens with one attached hydrogen (secondary N) is 1. The highest BCUT2D eigenvalue weighted by molar-refractivity contribution is 6.04. The maximum Gasteiger partial charge on any atom is 0.338 e. The molecule has 0 unspecified atom stereocenters. The summed E-state index contributed by atoms with van der Waals surface area (Å²) < 4.78 is 18.6. The quantitative estimate of drug-likeness (QED) is 0.852. The summed E-state index contributed by atoms with van der Waals surface area (Å²) in [7, 11) is 0. The highest BCUT2D eigenvalue weighted by atomic mass is 19.1. The summed E-state index contributed by atoms with van der Waals surface area (Å²) in [6, 6.07) is 11.9. The SMILES string of the molecule is CC(C)COC(=O)c1ccc(C(=O)Nc2ccccc2F)cc1. The van der Waals surface area contributed by atoms with Crippen LogP contribution in [0.5, 0.6) is 0 Å². The van der Waals surface area contributed by atoms with Crippen LogP contribution >= 0.6 is 0 Å². The molecule has 1 N–H and O–H groups in total. The van der Waals surface area contributed by atoms with Crippen molar-refractivity contribution in [2.45, 2.75) is 13.8 Å². The van der Waals surface area contributed by atoms with Crippen LogP contribution in [0.15, 0.2) is 48.5 Å². The Balaban J connectivity index is 2.03. The molecule has 0 saturated heterocycles. The zero-order chi connectivity index (χ0) is 16.8. The molecule has 0 aliphatic carbocycles. The molecule has 2 rings (SSSR count). The van der Waals surface area contributed by atoms with Gasteiger partial charge in [0, 0.05) is 5.56 Å². The van der Waals surface area contributed by atoms with E-state index in [-0.39, 0.29) is 11.6 Å². The Morgan fingerprint density at radius 3 is 2.26 bits per heavy atom. The first-order valence-corrected chi connectivity index (χ1v) is 7.30. The molecule has 2 aromatic rings. The second kappa shape index (κ2) is 7.54. The average molecular weight is 315 g/mol. The molecule has 23 heavy (non-hydrogen) atoms. The fourth-order valence-corrected chi connectivity index (χ4v) is 1.84. The average Bonchev–Trinajstić information content (AvgIpc) is 2.54. The van der Waals surface area contributed by atoms with E-state index in [1.807, 2.05) is 13.8 Å². The van der Waals surface area contributed by atoms with Crippen molar-refractivity contribution in [1.82, 2.24) is 0 Å². The first-order chi connectivity index (χ1) is 11.0. The lowest BCUT2D eigenvalue weighted by Gasteiger charge is -2.08. The van der Waals surface area contributed by atoms with Gasteiger partial charge in [0.05, 0.1) is 17.9 Å². The fourth-order valence-electron chi connectivity index (χ4n) is 1.84. The number of carbonyl (C=O) groups is 2. The Kier molecular flexibility index (Phi) is 5.46. The van der Waals surface area contributed by atoms with Crippen molar-refractivity contribution in [3.05, 3.63) is 65.5 Å². The van der Waals surface area contributed by atoms with Crippen molar-refractivity contribution in [2.75, 3.05) is 11.9 Å². The Morgan fingerprint density at radius 2 is 1.65 bits per heavy atom. The van der Waals surface area contributed by atoms with Gasteiger partial charge in [-0.2, -0.15) is 0 Å². The lowest BCUT2D eigenvalue weighted by Crippen LogP contribution is -2.14. The normalized spacial score (nSPS) is 10.4. The number of amides is 1. The van der Waals surface area contributed by atoms with Gasteiger partial charge in [0.1, 0.15) is 5.82 Å². The second-order valence-corrected chi connectivity index (χ2v) is 5.50. The van der Waals surface area contributed by atoms with Crippen molar-refractivity contribution in [2.24, 2.45) is 5.92 Å². The van der Waals surface area contributed by atoms with Crippen LogP contribution in [0.2, 0.25) is 0 Å². The monoisotopic (exact) mass is 315 g/mol. The van der Waals surface area contributed by atoms with Crippen LogP contribution in [0.1, 0.15) is 34.6 Å². The number of hydrogen-bond acceptors (Lipinski definition) is 3. The summed E-state index contributed by atoms with van der Waals surface area (Å²) in [4.78, 5) is 23.9. The molecular weight excluding hydrogens is 297 g/mol. The van der Waals surface area contributed by atoms with Gasteiger partial charge in [-0.25, -0.2) is 9.18 Å². The molecule has 120 valence electrons. The summed E-state index contributed by atoms with van der Waals surface area (Å²) in [5.74, 6) is -1.13. The highest BCUT2D eigenvalue weighted by Crippen LogP contribution is 2.14. The zero-order valence-electron chi connectivity index (χ0n) is 13.0. The Labute approximate surface area is 134 Å². The summed E-state index contributed by atoms with van der Waals surface area (Å²) >= 11 is 0. The van der Waals surface area contributed by atoms with Crippen LogP contribution in [0, 0.1) is 11.7 Å². The minimum atomic E-state index is -0.505. The zero-order valence-corrected chi connectivity index (χ0v) is 13.0. The van der Waals surface area contributed by atoms with E-state index < -0.39 is 17.7 Å². The van der Waals surface area contributed by atoms with E-state index in [1.165, 1.54) is 36.4 Å². The van der Waals surface area contributed by atoms with Gasteiger partial charge in [-0.1, -0.05) is 26.0 Å². The van der Waals surface area contributed by atoms with Gasteiger partial charge in [0.25, 0.3) is 5.91 Å². The van der Waals surface area contributed by atoms with Gasteiger partial charge < -0.3 is 10.1 Å². The predicted molar refractivity (Wildman–Crippen MR) is 85.9 cm³/mol. The smallest absolute Gasteiger partial charge is 0.338 e. The van der Waals surface area contributed by atoms with Crippen LogP contribution in [-0.4, -0.2) is 18.5 Å². The third kappa shape index (κ3) is 4.64. The van der Waals surface area contributed by atoms with E-state index in [9.17, 15) is 14.0 Å². The second-order valence-electron chi connectivity index (χ2n) is 5.50. The van der Waals surface area contributed by atoms with Crippen LogP contribution in [0.3, 0.4) is 0 Å². The van der Waals surface area contributed by atoms with E-state index in [1.54, 1.807) is 12.1 Å². The Bertz CT molecular complexity index is 696. The lowest BCUT2D eigenvalue weighted by molar-refractivity contribution is 0.0458. The van der Waals surface area contributed by atoms with Crippen molar-refractivity contribution >= 4 is 17.6 Å². The molecule has 0 saturated carbocycles. The number of halogens is 1. The predicted octanol–water partition coefficient (Wildman–Crippen LogP) is 3.89. The molecule has 0 aliphatic heterocycles. The van der Waals surface area contributed by atoms with Gasteiger partial charge in [-0.05, 0) is 42.3 Å². The molecule has 0 bridgehead atoms. The van der Waals surface area contributed by atoms with E-state index in [4.69, 9.17) is 4.74 Å². The number of esters is 1. The third-order valence-electron chi connectivity index (χ3n) is 3.05. The van der Waals surface area contributed by atoms with Gasteiger partial charge in [-0.15, -0.1) is 0 Å². The molecule has 0 radical (unpaired) electrons. The van der Waals surface area contributed by atoms with Crippen molar-refractivity contribution in [3.8, 4) is 0 Å². The van der Waals surface area contributed by atoms with Crippen molar-refractivity contribution in [1.29, 1.82) is 0 Å². The van der Waals surface area contributed by atoms with E-state index in [0.29, 0.717) is 17.7 Å². The molecule has 0 fully saturated rings. The van der Waals surface area contributed by atoms with E-state index >= 15 is 0 Å². The first kappa shape index (κ1) is 16.7. The molecule has 0 spiro atoms. The van der Waals surface area contributed by atoms with Gasteiger partial charge in [0.2, 0.25) is 0 Å². The Hall–Kier alpha value is -2.69. The Morgan fingerprint density at radius 1 is 1.04 bits per heavy atom. The van der Waals surface area contributed by atoms with Crippen LogP contribution in [0.25, 0.3) is 0 Å². The number of carbonyl (C=O) groups excluding carboxylic acids is 2. The number of anilines is 1. The van der Waals surface area contributed by atoms with Crippen LogP contribution in [0.4, 0.5) is 10.1 Å². The van der Waals surface area contributed by atoms with Gasteiger partial charge in [-0.3, -0.25) is 4.79 Å². The minimum Gasteiger partial charge on any atom is -0.462 e. The number of rotatable bonds is 5. The lowest BCUT2D eigenvalue weighted by atomic mass is 10.1. The number of ether oxygens (including phenoxy) is 1. The van der Waals surface area contributed by atoms with E-state index in [2.05, 4.69) is 5.32 Å². The first-order valence-electron chi connectivity index (χ1n) is 7.30. The summed E-state index contributed by atoms with van der Waals surface area (Å²) in [5.41, 5.74) is 0.805. The van der Waals surface area contributed by atoms with Crippen LogP contribution < -0.4 is 5.32 Å². The number of hydrogen-bond donors (Lipinski definition) is 1. The topological polar surface area (TPSA) is 55.4 Å². The fraction of sp³-hybridized carbons (Fsp3) is 0.222. The maximum atomic E-state index is 13.5. The summed E-state index contributed by atoms with van der Waals surface area (Å²) in [6.45, 7) is 4.24. The van der Waals surface area contributed by atoms with E-state index in [0.717, 1.165) is 0 Å². The van der Waals surface area contributed by atoms with Gasteiger partial charge >= 0.3 is 5.97 Å². The molecule has 1 amide bonds. The number of para-hydroxylation sites is 1. The van der Waals surface area contributed by atoms with Crippen LogP contribution in [-0.2, 0) is 4.74 Å². The molecule has 0 aliphatic rings. The molecule has 5 heteroatoms. The largest absolute Gasteiger partial charge is 0.462 e. The van der Waals surface area contributed by atoms with Crippen molar-refractivity contribution in [3.63, 3.8) is 0 Å². The highest BCUT2D eigenvalue weighted by Gasteiger charge is 2.12. The third-order valence-corrected chi connectivity index (χ3v) is 3.05. The molecular formula is C18H18FNO3. The summed E-state index contributed by atoms with van der Waals surface area (Å²) in [6.07, 6.45) is 0. The maximum absolute atomic E-state index is 13.5. The summed E-state index contributed by atoms with van der Waals surface area (Å²) in [5, 5.41) is 2.49.